The van der Waals surface area contributed by atoms with E-state index in [4.69, 9.17) is 9.52 Å². The fraction of sp³-hybridized carbons (Fsp3) is 0.500. The highest BCUT2D eigenvalue weighted by molar-refractivity contribution is 5.95. The van der Waals surface area contributed by atoms with Crippen LogP contribution < -0.4 is 5.32 Å². The Labute approximate surface area is 87.7 Å². The van der Waals surface area contributed by atoms with Crippen molar-refractivity contribution in [2.45, 2.75) is 6.61 Å². The van der Waals surface area contributed by atoms with Crippen LogP contribution in [0.3, 0.4) is 0 Å². The number of aliphatic hydroxyl groups excluding tert-OH is 1. The Morgan fingerprint density at radius 3 is 2.93 bits per heavy atom. The highest BCUT2D eigenvalue weighted by atomic mass is 16.4. The average molecular weight is 210 g/mol. The molecule has 1 aliphatic heterocycles. The molecule has 5 nitrogen and oxygen atoms in total. The second-order valence-electron chi connectivity index (χ2n) is 3.46. The Hall–Kier alpha value is -1.33. The molecule has 0 atom stereocenters. The maximum atomic E-state index is 12.0. The zero-order chi connectivity index (χ0) is 10.7. The molecule has 2 N–H and O–H groups in total. The van der Waals surface area contributed by atoms with Crippen molar-refractivity contribution in [3.05, 3.63) is 23.7 Å². The van der Waals surface area contributed by atoms with E-state index in [1.54, 1.807) is 11.0 Å². The summed E-state index contributed by atoms with van der Waals surface area (Å²) in [7, 11) is 0. The minimum atomic E-state index is -0.236. The number of furan rings is 1. The van der Waals surface area contributed by atoms with Crippen molar-refractivity contribution in [1.29, 1.82) is 0 Å². The molecule has 2 rings (SSSR count). The quantitative estimate of drug-likeness (QED) is 0.710. The van der Waals surface area contributed by atoms with Crippen LogP contribution in [0.15, 0.2) is 16.7 Å². The second kappa shape index (κ2) is 4.46. The third-order valence-electron chi connectivity index (χ3n) is 2.52. The lowest BCUT2D eigenvalue weighted by Gasteiger charge is -2.27. The number of carbonyl (C=O) groups excluding carboxylic acids is 1. The Morgan fingerprint density at radius 1 is 1.53 bits per heavy atom. The zero-order valence-corrected chi connectivity index (χ0v) is 8.40. The number of rotatable bonds is 2. The van der Waals surface area contributed by atoms with E-state index in [1.165, 1.54) is 6.26 Å². The summed E-state index contributed by atoms with van der Waals surface area (Å²) in [5.41, 5.74) is 0.472. The summed E-state index contributed by atoms with van der Waals surface area (Å²) in [6, 6.07) is 1.61. The first-order valence-electron chi connectivity index (χ1n) is 5.00. The van der Waals surface area contributed by atoms with Crippen LogP contribution in [0, 0.1) is 0 Å². The van der Waals surface area contributed by atoms with Gasteiger partial charge in [0.25, 0.3) is 5.91 Å². The predicted octanol–water partition coefficient (Wildman–Crippen LogP) is -0.183. The van der Waals surface area contributed by atoms with Crippen LogP contribution in [0.2, 0.25) is 0 Å². The Morgan fingerprint density at radius 2 is 2.27 bits per heavy atom. The summed E-state index contributed by atoms with van der Waals surface area (Å²) in [4.78, 5) is 13.7. The van der Waals surface area contributed by atoms with Crippen molar-refractivity contribution in [2.75, 3.05) is 26.2 Å². The number of aliphatic hydroxyl groups is 1. The van der Waals surface area contributed by atoms with E-state index < -0.39 is 0 Å². The van der Waals surface area contributed by atoms with Gasteiger partial charge >= 0.3 is 0 Å². The summed E-state index contributed by atoms with van der Waals surface area (Å²) >= 11 is 0. The second-order valence-corrected chi connectivity index (χ2v) is 3.46. The summed E-state index contributed by atoms with van der Waals surface area (Å²) in [6.07, 6.45) is 1.43. The van der Waals surface area contributed by atoms with Gasteiger partial charge in [-0.3, -0.25) is 4.79 Å². The molecule has 0 unspecified atom stereocenters. The van der Waals surface area contributed by atoms with E-state index >= 15 is 0 Å². The molecule has 0 saturated carbocycles. The van der Waals surface area contributed by atoms with Gasteiger partial charge < -0.3 is 19.7 Å². The minimum absolute atomic E-state index is 0.0608. The van der Waals surface area contributed by atoms with Gasteiger partial charge in [0.05, 0.1) is 11.8 Å². The predicted molar refractivity (Wildman–Crippen MR) is 53.4 cm³/mol. The molecule has 1 aliphatic rings. The van der Waals surface area contributed by atoms with Crippen LogP contribution in [0.25, 0.3) is 0 Å². The van der Waals surface area contributed by atoms with Gasteiger partial charge in [0.1, 0.15) is 12.4 Å². The molecule has 1 aromatic heterocycles. The molecule has 82 valence electrons. The Bertz CT molecular complexity index is 342. The molecular weight excluding hydrogens is 196 g/mol. The number of hydrogen-bond donors (Lipinski definition) is 2. The number of nitrogens with one attached hydrogen (secondary N) is 1. The van der Waals surface area contributed by atoms with Crippen LogP contribution in [0.1, 0.15) is 16.1 Å². The number of carbonyl (C=O) groups is 1. The summed E-state index contributed by atoms with van der Waals surface area (Å²) in [5, 5.41) is 12.2. The molecule has 2 heterocycles. The first-order chi connectivity index (χ1) is 7.33. The summed E-state index contributed by atoms with van der Waals surface area (Å²) < 4.78 is 5.01. The molecule has 0 radical (unpaired) electrons. The van der Waals surface area contributed by atoms with Gasteiger partial charge in [0.15, 0.2) is 0 Å². The number of hydrogen-bond acceptors (Lipinski definition) is 4. The van der Waals surface area contributed by atoms with Gasteiger partial charge in [-0.05, 0) is 6.07 Å². The van der Waals surface area contributed by atoms with E-state index in [9.17, 15) is 4.79 Å². The highest BCUT2D eigenvalue weighted by Crippen LogP contribution is 2.13. The first kappa shape index (κ1) is 10.2. The van der Waals surface area contributed by atoms with Gasteiger partial charge in [-0.2, -0.15) is 0 Å². The zero-order valence-electron chi connectivity index (χ0n) is 8.40. The molecular formula is C10H14N2O3. The largest absolute Gasteiger partial charge is 0.466 e. The van der Waals surface area contributed by atoms with Gasteiger partial charge in [-0.1, -0.05) is 0 Å². The normalized spacial score (nSPS) is 16.7. The monoisotopic (exact) mass is 210 g/mol. The standard InChI is InChI=1S/C10H14N2O3/c13-7-9-8(1-6-15-9)10(14)12-4-2-11-3-5-12/h1,6,11,13H,2-5,7H2. The fourth-order valence-corrected chi connectivity index (χ4v) is 1.69. The van der Waals surface area contributed by atoms with E-state index in [1.807, 2.05) is 0 Å². The van der Waals surface area contributed by atoms with Crippen LogP contribution in [-0.4, -0.2) is 42.1 Å². The van der Waals surface area contributed by atoms with Gasteiger partial charge in [-0.25, -0.2) is 0 Å². The minimum Gasteiger partial charge on any atom is -0.466 e. The molecule has 0 spiro atoms. The van der Waals surface area contributed by atoms with E-state index in [-0.39, 0.29) is 12.5 Å². The van der Waals surface area contributed by atoms with Crippen molar-refractivity contribution in [3.8, 4) is 0 Å². The highest BCUT2D eigenvalue weighted by Gasteiger charge is 2.21. The van der Waals surface area contributed by atoms with Crippen LogP contribution >= 0.6 is 0 Å². The average Bonchev–Trinajstić information content (AvgIpc) is 2.77. The van der Waals surface area contributed by atoms with Crippen LogP contribution in [0.5, 0.6) is 0 Å². The summed E-state index contributed by atoms with van der Waals surface area (Å²) in [5.74, 6) is 0.285. The van der Waals surface area contributed by atoms with Gasteiger partial charge in [0.2, 0.25) is 0 Å². The number of amides is 1. The topological polar surface area (TPSA) is 65.7 Å². The maximum Gasteiger partial charge on any atom is 0.257 e. The SMILES string of the molecule is O=C(c1ccoc1CO)N1CCNCC1. The first-order valence-corrected chi connectivity index (χ1v) is 5.00. The van der Waals surface area contributed by atoms with Crippen molar-refractivity contribution < 1.29 is 14.3 Å². The Balaban J connectivity index is 2.12. The molecule has 0 aliphatic carbocycles. The van der Waals surface area contributed by atoms with Gasteiger partial charge in [0, 0.05) is 26.2 Å². The van der Waals surface area contributed by atoms with Crippen molar-refractivity contribution in [3.63, 3.8) is 0 Å². The molecule has 1 saturated heterocycles. The lowest BCUT2D eigenvalue weighted by molar-refractivity contribution is 0.0730. The number of nitrogens with zero attached hydrogens (tertiary/aromatic N) is 1. The van der Waals surface area contributed by atoms with Crippen molar-refractivity contribution >= 4 is 5.91 Å². The molecule has 1 amide bonds. The lowest BCUT2D eigenvalue weighted by Crippen LogP contribution is -2.46. The van der Waals surface area contributed by atoms with Crippen LogP contribution in [0.4, 0.5) is 0 Å². The molecule has 0 bridgehead atoms. The third kappa shape index (κ3) is 2.03. The van der Waals surface area contributed by atoms with Crippen LogP contribution in [-0.2, 0) is 6.61 Å². The van der Waals surface area contributed by atoms with Crippen molar-refractivity contribution in [1.82, 2.24) is 10.2 Å². The maximum absolute atomic E-state index is 12.0. The third-order valence-corrected chi connectivity index (χ3v) is 2.52. The van der Waals surface area contributed by atoms with E-state index in [0.29, 0.717) is 24.4 Å². The molecule has 15 heavy (non-hydrogen) atoms. The fourth-order valence-electron chi connectivity index (χ4n) is 1.69. The molecule has 1 fully saturated rings. The Kier molecular flexibility index (Phi) is 3.03. The smallest absolute Gasteiger partial charge is 0.257 e. The number of piperazine rings is 1. The lowest BCUT2D eigenvalue weighted by atomic mass is 10.2. The molecule has 5 heteroatoms. The van der Waals surface area contributed by atoms with Crippen molar-refractivity contribution in [2.24, 2.45) is 0 Å². The van der Waals surface area contributed by atoms with Gasteiger partial charge in [-0.15, -0.1) is 0 Å². The molecule has 0 aromatic carbocycles. The van der Waals surface area contributed by atoms with E-state index in [2.05, 4.69) is 5.32 Å². The van der Waals surface area contributed by atoms with E-state index in [0.717, 1.165) is 13.1 Å². The molecule has 1 aromatic rings. The summed E-state index contributed by atoms with van der Waals surface area (Å²) in [6.45, 7) is 2.81.